The average molecular weight is 405 g/mol. The van der Waals surface area contributed by atoms with E-state index in [9.17, 15) is 14.9 Å². The number of aliphatic imine (C=N–C) groups is 1. The number of nitro groups is 1. The number of ether oxygens (including phenoxy) is 1. The van der Waals surface area contributed by atoms with Crippen LogP contribution in [0, 0.1) is 30.9 Å². The Morgan fingerprint density at radius 3 is 2.43 bits per heavy atom. The second-order valence-electron chi connectivity index (χ2n) is 6.92. The molecule has 0 bridgehead atoms. The summed E-state index contributed by atoms with van der Waals surface area (Å²) in [6.45, 7) is 7.92. The third-order valence-corrected chi connectivity index (χ3v) is 4.84. The van der Waals surface area contributed by atoms with Crippen LogP contribution in [-0.4, -0.2) is 28.3 Å². The number of non-ortho nitro benzene ring substituents is 1. The molecule has 0 amide bonds. The Balaban J connectivity index is 1.88. The van der Waals surface area contributed by atoms with E-state index < -0.39 is 4.92 Å². The van der Waals surface area contributed by atoms with E-state index in [1.165, 1.54) is 12.1 Å². The lowest BCUT2D eigenvalue weighted by molar-refractivity contribution is -0.384. The van der Waals surface area contributed by atoms with Crippen LogP contribution in [0.5, 0.6) is 0 Å². The van der Waals surface area contributed by atoms with E-state index in [2.05, 4.69) is 9.56 Å². The summed E-state index contributed by atoms with van der Waals surface area (Å²) in [5.41, 5.74) is 5.89. The van der Waals surface area contributed by atoms with Gasteiger partial charge in [0.2, 0.25) is 0 Å². The van der Waals surface area contributed by atoms with E-state index >= 15 is 0 Å². The molecule has 30 heavy (non-hydrogen) atoms. The first-order valence-electron chi connectivity index (χ1n) is 9.57. The Hall–Kier alpha value is -3.74. The molecule has 0 saturated carbocycles. The Morgan fingerprint density at radius 2 is 1.83 bits per heavy atom. The van der Waals surface area contributed by atoms with Crippen molar-refractivity contribution < 1.29 is 14.5 Å². The maximum absolute atomic E-state index is 11.9. The fourth-order valence-electron chi connectivity index (χ4n) is 3.31. The number of nitro benzene ring substituents is 1. The third-order valence-electron chi connectivity index (χ3n) is 4.84. The second-order valence-corrected chi connectivity index (χ2v) is 6.92. The van der Waals surface area contributed by atoms with E-state index in [1.54, 1.807) is 38.3 Å². The van der Waals surface area contributed by atoms with Gasteiger partial charge in [0, 0.05) is 41.0 Å². The first-order chi connectivity index (χ1) is 14.3. The van der Waals surface area contributed by atoms with Gasteiger partial charge in [0.15, 0.2) is 0 Å². The fraction of sp³-hybridized carbons (Fsp3) is 0.217. The quantitative estimate of drug-likeness (QED) is 0.243. The van der Waals surface area contributed by atoms with Crippen molar-refractivity contribution in [2.75, 3.05) is 6.61 Å². The van der Waals surface area contributed by atoms with Crippen LogP contribution < -0.4 is 0 Å². The van der Waals surface area contributed by atoms with E-state index in [0.29, 0.717) is 17.9 Å². The van der Waals surface area contributed by atoms with E-state index in [0.717, 1.165) is 28.2 Å². The molecule has 0 fully saturated rings. The molecular formula is C23H23N3O4. The van der Waals surface area contributed by atoms with Gasteiger partial charge in [-0.05, 0) is 69.7 Å². The van der Waals surface area contributed by atoms with Crippen molar-refractivity contribution >= 4 is 23.6 Å². The van der Waals surface area contributed by atoms with Crippen molar-refractivity contribution in [3.8, 4) is 5.69 Å². The summed E-state index contributed by atoms with van der Waals surface area (Å²) in [6, 6.07) is 13.9. The van der Waals surface area contributed by atoms with Crippen molar-refractivity contribution in [3.63, 3.8) is 0 Å². The van der Waals surface area contributed by atoms with Crippen molar-refractivity contribution in [1.29, 1.82) is 0 Å². The maximum atomic E-state index is 11.9. The SMILES string of the molecule is CCOC(=O)c1ccc(-n2c(C)cc(C=Nc3ccc([N+](=O)[O-])cc3C)c2C)cc1. The summed E-state index contributed by atoms with van der Waals surface area (Å²) >= 11 is 0. The lowest BCUT2D eigenvalue weighted by atomic mass is 10.2. The minimum atomic E-state index is -0.415. The van der Waals surface area contributed by atoms with Crippen LogP contribution in [0.4, 0.5) is 11.4 Å². The first kappa shape index (κ1) is 21.0. The largest absolute Gasteiger partial charge is 0.462 e. The lowest BCUT2D eigenvalue weighted by Gasteiger charge is -2.10. The van der Waals surface area contributed by atoms with Gasteiger partial charge < -0.3 is 9.30 Å². The summed E-state index contributed by atoms with van der Waals surface area (Å²) in [5, 5.41) is 10.9. The molecule has 0 saturated heterocycles. The molecule has 3 aromatic rings. The second kappa shape index (κ2) is 8.73. The smallest absolute Gasteiger partial charge is 0.338 e. The molecule has 0 atom stereocenters. The zero-order chi connectivity index (χ0) is 21.8. The van der Waals surface area contributed by atoms with Crippen LogP contribution in [0.2, 0.25) is 0 Å². The minimum Gasteiger partial charge on any atom is -0.462 e. The van der Waals surface area contributed by atoms with Gasteiger partial charge in [0.05, 0.1) is 22.8 Å². The molecule has 0 aliphatic rings. The number of nitrogens with zero attached hydrogens (tertiary/aromatic N) is 3. The maximum Gasteiger partial charge on any atom is 0.338 e. The molecule has 0 N–H and O–H groups in total. The van der Waals surface area contributed by atoms with Crippen molar-refractivity contribution in [1.82, 2.24) is 4.57 Å². The highest BCUT2D eigenvalue weighted by Crippen LogP contribution is 2.25. The highest BCUT2D eigenvalue weighted by Gasteiger charge is 2.12. The molecule has 0 aliphatic carbocycles. The number of aromatic nitrogens is 1. The molecule has 0 aliphatic heterocycles. The average Bonchev–Trinajstić information content (AvgIpc) is 3.00. The van der Waals surface area contributed by atoms with Crippen molar-refractivity contribution in [2.24, 2.45) is 4.99 Å². The van der Waals surface area contributed by atoms with Crippen molar-refractivity contribution in [2.45, 2.75) is 27.7 Å². The summed E-state index contributed by atoms with van der Waals surface area (Å²) in [4.78, 5) is 26.9. The summed E-state index contributed by atoms with van der Waals surface area (Å²) in [7, 11) is 0. The molecule has 7 nitrogen and oxygen atoms in total. The molecule has 3 rings (SSSR count). The van der Waals surface area contributed by atoms with E-state index in [4.69, 9.17) is 4.74 Å². The number of esters is 1. The molecule has 1 heterocycles. The third kappa shape index (κ3) is 4.30. The van der Waals surface area contributed by atoms with Gasteiger partial charge in [0.1, 0.15) is 0 Å². The Morgan fingerprint density at radius 1 is 1.13 bits per heavy atom. The van der Waals surface area contributed by atoms with Gasteiger partial charge in [0.25, 0.3) is 5.69 Å². The van der Waals surface area contributed by atoms with Gasteiger partial charge in [-0.3, -0.25) is 15.1 Å². The molecule has 2 aromatic carbocycles. The van der Waals surface area contributed by atoms with Crippen LogP contribution in [0.1, 0.15) is 39.8 Å². The topological polar surface area (TPSA) is 86.7 Å². The van der Waals surface area contributed by atoms with Gasteiger partial charge in [-0.2, -0.15) is 0 Å². The number of rotatable bonds is 6. The lowest BCUT2D eigenvalue weighted by Crippen LogP contribution is -2.05. The number of benzene rings is 2. The summed E-state index contributed by atoms with van der Waals surface area (Å²) < 4.78 is 7.11. The highest BCUT2D eigenvalue weighted by molar-refractivity contribution is 5.89. The van der Waals surface area contributed by atoms with E-state index in [1.807, 2.05) is 32.0 Å². The van der Waals surface area contributed by atoms with Crippen LogP contribution in [0.25, 0.3) is 5.69 Å². The van der Waals surface area contributed by atoms with Gasteiger partial charge in [-0.25, -0.2) is 4.79 Å². The molecule has 0 radical (unpaired) electrons. The number of carbonyl (C=O) groups is 1. The van der Waals surface area contributed by atoms with E-state index in [-0.39, 0.29) is 11.7 Å². The summed E-state index contributed by atoms with van der Waals surface area (Å²) in [5.74, 6) is -0.337. The number of hydrogen-bond donors (Lipinski definition) is 0. The monoisotopic (exact) mass is 405 g/mol. The normalized spacial score (nSPS) is 11.1. The minimum absolute atomic E-state index is 0.0518. The van der Waals surface area contributed by atoms with Gasteiger partial charge >= 0.3 is 5.97 Å². The Bertz CT molecular complexity index is 1130. The zero-order valence-corrected chi connectivity index (χ0v) is 17.4. The molecule has 0 spiro atoms. The molecular weight excluding hydrogens is 382 g/mol. The fourth-order valence-corrected chi connectivity index (χ4v) is 3.31. The van der Waals surface area contributed by atoms with Crippen LogP contribution in [-0.2, 0) is 4.74 Å². The predicted octanol–water partition coefficient (Wildman–Crippen LogP) is 5.24. The van der Waals surface area contributed by atoms with Gasteiger partial charge in [-0.15, -0.1) is 0 Å². The molecule has 0 unspecified atom stereocenters. The Labute approximate surface area is 174 Å². The first-order valence-corrected chi connectivity index (χ1v) is 9.57. The van der Waals surface area contributed by atoms with Crippen LogP contribution in [0.3, 0.4) is 0 Å². The zero-order valence-electron chi connectivity index (χ0n) is 17.4. The molecule has 154 valence electrons. The standard InChI is InChI=1S/C23H23N3O4/c1-5-30-23(27)18-6-8-20(9-7-18)25-16(3)13-19(17(25)4)14-24-22-11-10-21(26(28)29)12-15(22)2/h6-14H,5H2,1-4H3. The van der Waals surface area contributed by atoms with Crippen LogP contribution in [0.15, 0.2) is 53.5 Å². The van der Waals surface area contributed by atoms with Gasteiger partial charge in [-0.1, -0.05) is 0 Å². The highest BCUT2D eigenvalue weighted by atomic mass is 16.6. The van der Waals surface area contributed by atoms with Crippen molar-refractivity contribution in [3.05, 3.63) is 86.7 Å². The van der Waals surface area contributed by atoms with Crippen LogP contribution >= 0.6 is 0 Å². The number of carbonyl (C=O) groups excluding carboxylic acids is 1. The number of aryl methyl sites for hydroxylation is 2. The Kier molecular flexibility index (Phi) is 6.11. The predicted molar refractivity (Wildman–Crippen MR) is 116 cm³/mol. The molecule has 7 heteroatoms. The molecule has 1 aromatic heterocycles. The number of hydrogen-bond acceptors (Lipinski definition) is 5. The summed E-state index contributed by atoms with van der Waals surface area (Å²) in [6.07, 6.45) is 1.76.